The Balaban J connectivity index is 1.48. The molecule has 0 unspecified atom stereocenters. The third-order valence-corrected chi connectivity index (χ3v) is 5.87. The maximum atomic E-state index is 9.64. The van der Waals surface area contributed by atoms with Gasteiger partial charge in [0.25, 0.3) is 0 Å². The van der Waals surface area contributed by atoms with Crippen LogP contribution in [0.2, 0.25) is 0 Å². The van der Waals surface area contributed by atoms with E-state index in [1.807, 2.05) is 62.4 Å². The molecule has 1 fully saturated rings. The fraction of sp³-hybridized carbons (Fsp3) is 0.286. The van der Waals surface area contributed by atoms with Gasteiger partial charge in [0.15, 0.2) is 0 Å². The van der Waals surface area contributed by atoms with Crippen molar-refractivity contribution in [1.29, 1.82) is 5.26 Å². The summed E-state index contributed by atoms with van der Waals surface area (Å²) in [6, 6.07) is 16.2. The molecule has 1 aromatic heterocycles. The van der Waals surface area contributed by atoms with Gasteiger partial charge in [0.1, 0.15) is 18.0 Å². The minimum Gasteiger partial charge on any atom is -0.378 e. The maximum absolute atomic E-state index is 9.64. The molecule has 0 bridgehead atoms. The van der Waals surface area contributed by atoms with E-state index in [9.17, 15) is 5.26 Å². The number of nitriles is 1. The molecule has 1 aliphatic rings. The Morgan fingerprint density at radius 1 is 1.17 bits per heavy atom. The van der Waals surface area contributed by atoms with E-state index >= 15 is 0 Å². The van der Waals surface area contributed by atoms with Gasteiger partial charge in [-0.3, -0.25) is 0 Å². The minimum atomic E-state index is 0.652. The molecule has 1 saturated heterocycles. The van der Waals surface area contributed by atoms with Crippen LogP contribution in [-0.2, 0) is 4.74 Å². The van der Waals surface area contributed by atoms with Gasteiger partial charge in [-0.25, -0.2) is 14.7 Å². The average molecular weight is 482 g/mol. The second kappa shape index (κ2) is 12.0. The van der Waals surface area contributed by atoms with Crippen molar-refractivity contribution in [3.8, 4) is 11.8 Å². The molecule has 4 rings (SSSR count). The molecule has 2 aromatic carbocycles. The normalized spacial score (nSPS) is 14.8. The Hall–Kier alpha value is -4.22. The quantitative estimate of drug-likeness (QED) is 0.449. The molecule has 0 amide bonds. The lowest BCUT2D eigenvalue weighted by atomic mass is 10.00. The summed E-state index contributed by atoms with van der Waals surface area (Å²) >= 11 is 0. The Morgan fingerprint density at radius 2 is 1.92 bits per heavy atom. The fourth-order valence-corrected chi connectivity index (χ4v) is 3.94. The maximum Gasteiger partial charge on any atom is 0.147 e. The summed E-state index contributed by atoms with van der Waals surface area (Å²) in [6.45, 7) is 9.09. The summed E-state index contributed by atoms with van der Waals surface area (Å²) in [4.78, 5) is 11.1. The van der Waals surface area contributed by atoms with E-state index < -0.39 is 0 Å². The number of anilines is 2. The van der Waals surface area contributed by atoms with Gasteiger partial charge in [-0.05, 0) is 86.0 Å². The van der Waals surface area contributed by atoms with Gasteiger partial charge in [0.2, 0.25) is 0 Å². The number of nitrogens with zero attached hydrogens (tertiary/aromatic N) is 6. The van der Waals surface area contributed by atoms with Crippen molar-refractivity contribution < 1.29 is 4.74 Å². The predicted molar refractivity (Wildman–Crippen MR) is 144 cm³/mol. The first-order chi connectivity index (χ1) is 17.6. The predicted octanol–water partition coefficient (Wildman–Crippen LogP) is 5.12. The van der Waals surface area contributed by atoms with Gasteiger partial charge in [0, 0.05) is 30.7 Å². The summed E-state index contributed by atoms with van der Waals surface area (Å²) in [7, 11) is 0. The lowest BCUT2D eigenvalue weighted by molar-refractivity contribution is 0.122. The van der Waals surface area contributed by atoms with E-state index in [1.54, 1.807) is 17.2 Å². The topological polar surface area (TPSA) is 91.4 Å². The molecule has 3 aromatic rings. The zero-order valence-corrected chi connectivity index (χ0v) is 21.0. The molecule has 184 valence electrons. The molecule has 8 nitrogen and oxygen atoms in total. The first-order valence-electron chi connectivity index (χ1n) is 12.1. The molecule has 2 heterocycles. The zero-order valence-electron chi connectivity index (χ0n) is 21.0. The average Bonchev–Trinajstić information content (AvgIpc) is 3.35. The van der Waals surface area contributed by atoms with Crippen molar-refractivity contribution in [2.45, 2.75) is 27.2 Å². The van der Waals surface area contributed by atoms with Crippen LogP contribution >= 0.6 is 0 Å². The van der Waals surface area contributed by atoms with Gasteiger partial charge in [0.05, 0.1) is 30.5 Å². The van der Waals surface area contributed by atoms with Crippen molar-refractivity contribution >= 4 is 23.2 Å². The van der Waals surface area contributed by atoms with Crippen LogP contribution in [0.5, 0.6) is 0 Å². The molecule has 8 heteroatoms. The molecule has 0 spiro atoms. The zero-order chi connectivity index (χ0) is 25.3. The number of morpholine rings is 1. The van der Waals surface area contributed by atoms with E-state index in [1.165, 1.54) is 0 Å². The van der Waals surface area contributed by atoms with E-state index in [4.69, 9.17) is 4.74 Å². The number of benzene rings is 2. The number of aromatic nitrogens is 3. The molecular weight excluding hydrogens is 450 g/mol. The molecule has 1 N–H and O–H groups in total. The van der Waals surface area contributed by atoms with Gasteiger partial charge in [-0.15, -0.1) is 0 Å². The molecule has 1 aliphatic heterocycles. The number of ether oxygens (including phenoxy) is 1. The van der Waals surface area contributed by atoms with Gasteiger partial charge in [-0.1, -0.05) is 6.92 Å². The van der Waals surface area contributed by atoms with E-state index in [-0.39, 0.29) is 0 Å². The van der Waals surface area contributed by atoms with Crippen molar-refractivity contribution in [3.05, 3.63) is 83.7 Å². The number of aliphatic imine (C=N–C) groups is 1. The summed E-state index contributed by atoms with van der Waals surface area (Å²) in [5.74, 6) is 1.49. The SMILES string of the molecule is CC/C=C(/N=C\C=C(/C)c1cc(N2CCOCC2)ccc1C#N)Nc1ccc(-n2cnc(C)n2)cc1. The van der Waals surface area contributed by atoms with E-state index in [0.29, 0.717) is 5.56 Å². The monoisotopic (exact) mass is 481 g/mol. The molecular formula is C28H31N7O. The number of rotatable bonds is 8. The highest BCUT2D eigenvalue weighted by molar-refractivity contribution is 5.86. The van der Waals surface area contributed by atoms with Gasteiger partial charge in [-0.2, -0.15) is 10.4 Å². The Bertz CT molecular complexity index is 1310. The third kappa shape index (κ3) is 6.26. The molecule has 0 saturated carbocycles. The summed E-state index contributed by atoms with van der Waals surface area (Å²) < 4.78 is 7.22. The first-order valence-corrected chi connectivity index (χ1v) is 12.1. The summed E-state index contributed by atoms with van der Waals surface area (Å²) in [5, 5.41) is 17.3. The first kappa shape index (κ1) is 24.9. The lowest BCUT2D eigenvalue weighted by Crippen LogP contribution is -2.36. The van der Waals surface area contributed by atoms with Crippen LogP contribution in [0.25, 0.3) is 11.3 Å². The van der Waals surface area contributed by atoms with Crippen molar-refractivity contribution in [1.82, 2.24) is 14.8 Å². The van der Waals surface area contributed by atoms with E-state index in [0.717, 1.165) is 72.6 Å². The second-order valence-electron chi connectivity index (χ2n) is 8.47. The number of nitrogens with one attached hydrogen (secondary N) is 1. The number of aryl methyl sites for hydroxylation is 1. The van der Waals surface area contributed by atoms with Crippen LogP contribution in [0.1, 0.15) is 37.2 Å². The lowest BCUT2D eigenvalue weighted by Gasteiger charge is -2.29. The molecule has 0 radical (unpaired) electrons. The smallest absolute Gasteiger partial charge is 0.147 e. The fourth-order valence-electron chi connectivity index (χ4n) is 3.94. The van der Waals surface area contributed by atoms with E-state index in [2.05, 4.69) is 44.4 Å². The summed E-state index contributed by atoms with van der Waals surface area (Å²) in [6.07, 6.45) is 8.31. The number of hydrogen-bond donors (Lipinski definition) is 1. The van der Waals surface area contributed by atoms with Crippen LogP contribution in [0.15, 0.2) is 71.8 Å². The Morgan fingerprint density at radius 3 is 2.58 bits per heavy atom. The molecule has 36 heavy (non-hydrogen) atoms. The number of allylic oxidation sites excluding steroid dienone is 3. The van der Waals surface area contributed by atoms with Crippen molar-refractivity contribution in [2.24, 2.45) is 4.99 Å². The molecule has 0 aliphatic carbocycles. The van der Waals surface area contributed by atoms with Crippen LogP contribution in [0.4, 0.5) is 11.4 Å². The van der Waals surface area contributed by atoms with Crippen molar-refractivity contribution in [2.75, 3.05) is 36.5 Å². The van der Waals surface area contributed by atoms with Crippen LogP contribution in [0.3, 0.4) is 0 Å². The second-order valence-corrected chi connectivity index (χ2v) is 8.47. The van der Waals surface area contributed by atoms with Crippen LogP contribution in [0, 0.1) is 18.3 Å². The standard InChI is InChI=1S/C28H31N7O/c1-4-5-28(32-24-7-10-25(11-8-24)35-20-31-22(3)33-35)30-13-12-21(2)27-18-26(9-6-23(27)19-29)34-14-16-36-17-15-34/h5-13,18,20,32H,4,14-17H2,1-3H3/b21-12+,28-5-,30-13-. The minimum absolute atomic E-state index is 0.652. The largest absolute Gasteiger partial charge is 0.378 e. The highest BCUT2D eigenvalue weighted by Gasteiger charge is 2.13. The molecule has 0 atom stereocenters. The highest BCUT2D eigenvalue weighted by Crippen LogP contribution is 2.25. The third-order valence-electron chi connectivity index (χ3n) is 5.87. The van der Waals surface area contributed by atoms with Crippen LogP contribution < -0.4 is 10.2 Å². The van der Waals surface area contributed by atoms with Gasteiger partial charge < -0.3 is 15.0 Å². The van der Waals surface area contributed by atoms with Crippen molar-refractivity contribution in [3.63, 3.8) is 0 Å². The highest BCUT2D eigenvalue weighted by atomic mass is 16.5. The Labute approximate surface area is 212 Å². The van der Waals surface area contributed by atoms with Gasteiger partial charge >= 0.3 is 0 Å². The van der Waals surface area contributed by atoms with Crippen LogP contribution in [-0.4, -0.2) is 47.3 Å². The number of hydrogen-bond acceptors (Lipinski definition) is 7. The summed E-state index contributed by atoms with van der Waals surface area (Å²) in [5.41, 5.74) is 5.53. The Kier molecular flexibility index (Phi) is 8.27.